The number of hydrogen-bond acceptors (Lipinski definition) is 2. The SMILES string of the molecule is CCNC(=NCC1CCN(Cc2ccccc2Cl)CC1)NCCC(F)(F)F.I. The van der Waals surface area contributed by atoms with E-state index >= 15 is 0 Å². The van der Waals surface area contributed by atoms with Gasteiger partial charge in [-0.3, -0.25) is 9.89 Å². The molecule has 0 aromatic heterocycles. The fraction of sp³-hybridized carbons (Fsp3) is 0.632. The van der Waals surface area contributed by atoms with Gasteiger partial charge in [0.15, 0.2) is 5.96 Å². The Morgan fingerprint density at radius 3 is 2.50 bits per heavy atom. The van der Waals surface area contributed by atoms with Crippen molar-refractivity contribution in [2.75, 3.05) is 32.7 Å². The number of piperidine rings is 1. The van der Waals surface area contributed by atoms with Gasteiger partial charge in [0.1, 0.15) is 0 Å². The summed E-state index contributed by atoms with van der Waals surface area (Å²) in [5.74, 6) is 0.908. The monoisotopic (exact) mass is 532 g/mol. The predicted molar refractivity (Wildman–Crippen MR) is 120 cm³/mol. The first-order valence-electron chi connectivity index (χ1n) is 9.42. The van der Waals surface area contributed by atoms with Crippen molar-refractivity contribution in [3.8, 4) is 0 Å². The normalized spacial score (nSPS) is 16.5. The molecular formula is C19H29ClF3IN4. The molecule has 0 spiro atoms. The highest BCUT2D eigenvalue weighted by molar-refractivity contribution is 14.0. The van der Waals surface area contributed by atoms with Crippen LogP contribution in [0.4, 0.5) is 13.2 Å². The highest BCUT2D eigenvalue weighted by Crippen LogP contribution is 2.22. The van der Waals surface area contributed by atoms with Crippen molar-refractivity contribution < 1.29 is 13.2 Å². The number of alkyl halides is 3. The number of benzene rings is 1. The number of nitrogens with one attached hydrogen (secondary N) is 2. The van der Waals surface area contributed by atoms with E-state index < -0.39 is 12.6 Å². The van der Waals surface area contributed by atoms with E-state index in [0.29, 0.717) is 25.0 Å². The molecule has 28 heavy (non-hydrogen) atoms. The van der Waals surface area contributed by atoms with Gasteiger partial charge < -0.3 is 10.6 Å². The molecule has 1 heterocycles. The molecule has 0 atom stereocenters. The Morgan fingerprint density at radius 2 is 1.89 bits per heavy atom. The number of likely N-dealkylation sites (tertiary alicyclic amines) is 1. The minimum absolute atomic E-state index is 0. The molecule has 160 valence electrons. The molecule has 0 radical (unpaired) electrons. The number of aliphatic imine (C=N–C) groups is 1. The van der Waals surface area contributed by atoms with Gasteiger partial charge in [0.25, 0.3) is 0 Å². The fourth-order valence-electron chi connectivity index (χ4n) is 3.08. The average molecular weight is 533 g/mol. The zero-order valence-corrected chi connectivity index (χ0v) is 19.2. The molecule has 1 fully saturated rings. The highest BCUT2D eigenvalue weighted by atomic mass is 127. The number of hydrogen-bond donors (Lipinski definition) is 2. The van der Waals surface area contributed by atoms with Gasteiger partial charge in [0, 0.05) is 31.2 Å². The molecule has 1 aliphatic rings. The number of nitrogens with zero attached hydrogens (tertiary/aromatic N) is 2. The van der Waals surface area contributed by atoms with Crippen molar-refractivity contribution >= 4 is 41.5 Å². The third kappa shape index (κ3) is 9.65. The molecule has 0 aliphatic carbocycles. The van der Waals surface area contributed by atoms with Gasteiger partial charge in [-0.05, 0) is 50.4 Å². The van der Waals surface area contributed by atoms with Crippen LogP contribution in [0.25, 0.3) is 0 Å². The summed E-state index contributed by atoms with van der Waals surface area (Å²) in [6.45, 7) is 5.78. The van der Waals surface area contributed by atoms with E-state index in [0.717, 1.165) is 43.1 Å². The van der Waals surface area contributed by atoms with Crippen LogP contribution in [0.1, 0.15) is 31.7 Å². The topological polar surface area (TPSA) is 39.7 Å². The van der Waals surface area contributed by atoms with E-state index in [2.05, 4.69) is 20.5 Å². The van der Waals surface area contributed by atoms with E-state index in [1.54, 1.807) is 0 Å². The molecule has 0 unspecified atom stereocenters. The van der Waals surface area contributed by atoms with Crippen LogP contribution in [0.15, 0.2) is 29.3 Å². The van der Waals surface area contributed by atoms with Crippen molar-refractivity contribution in [3.05, 3.63) is 34.9 Å². The van der Waals surface area contributed by atoms with Crippen molar-refractivity contribution in [3.63, 3.8) is 0 Å². The van der Waals surface area contributed by atoms with Crippen LogP contribution in [0.3, 0.4) is 0 Å². The third-order valence-corrected chi connectivity index (χ3v) is 4.98. The molecule has 4 nitrogen and oxygen atoms in total. The van der Waals surface area contributed by atoms with Crippen molar-refractivity contribution in [2.24, 2.45) is 10.9 Å². The molecule has 9 heteroatoms. The largest absolute Gasteiger partial charge is 0.390 e. The number of rotatable bonds is 7. The van der Waals surface area contributed by atoms with Crippen LogP contribution in [-0.4, -0.2) is 49.8 Å². The van der Waals surface area contributed by atoms with E-state index in [-0.39, 0.29) is 30.5 Å². The molecule has 2 N–H and O–H groups in total. The predicted octanol–water partition coefficient (Wildman–Crippen LogP) is 4.68. The molecule has 0 amide bonds. The molecule has 1 saturated heterocycles. The third-order valence-electron chi connectivity index (χ3n) is 4.61. The summed E-state index contributed by atoms with van der Waals surface area (Å²) in [5.41, 5.74) is 1.14. The second-order valence-electron chi connectivity index (χ2n) is 6.82. The Morgan fingerprint density at radius 1 is 1.21 bits per heavy atom. The molecule has 0 saturated carbocycles. The lowest BCUT2D eigenvalue weighted by atomic mass is 9.96. The molecular weight excluding hydrogens is 504 g/mol. The highest BCUT2D eigenvalue weighted by Gasteiger charge is 2.26. The Balaban J connectivity index is 0.00000392. The summed E-state index contributed by atoms with van der Waals surface area (Å²) < 4.78 is 36.8. The van der Waals surface area contributed by atoms with Crippen LogP contribution >= 0.6 is 35.6 Å². The first kappa shape index (κ1) is 25.3. The lowest BCUT2D eigenvalue weighted by molar-refractivity contribution is -0.132. The van der Waals surface area contributed by atoms with Gasteiger partial charge in [-0.25, -0.2) is 0 Å². The first-order valence-corrected chi connectivity index (χ1v) is 9.80. The van der Waals surface area contributed by atoms with E-state index in [1.807, 2.05) is 31.2 Å². The lowest BCUT2D eigenvalue weighted by Gasteiger charge is -2.31. The van der Waals surface area contributed by atoms with Gasteiger partial charge in [0.2, 0.25) is 0 Å². The minimum atomic E-state index is -4.15. The fourth-order valence-corrected chi connectivity index (χ4v) is 3.27. The maximum absolute atomic E-state index is 12.3. The molecule has 2 rings (SSSR count). The quantitative estimate of drug-likeness (QED) is 0.304. The van der Waals surface area contributed by atoms with Gasteiger partial charge >= 0.3 is 6.18 Å². The molecule has 1 aliphatic heterocycles. The zero-order chi connectivity index (χ0) is 19.7. The maximum atomic E-state index is 12.3. The van der Waals surface area contributed by atoms with Gasteiger partial charge in [-0.1, -0.05) is 29.8 Å². The van der Waals surface area contributed by atoms with Crippen LogP contribution in [0.2, 0.25) is 5.02 Å². The first-order chi connectivity index (χ1) is 12.9. The Kier molecular flexibility index (Phi) is 11.5. The average Bonchev–Trinajstić information content (AvgIpc) is 2.62. The Hall–Kier alpha value is -0.740. The second kappa shape index (κ2) is 12.7. The van der Waals surface area contributed by atoms with Crippen molar-refractivity contribution in [1.82, 2.24) is 15.5 Å². The van der Waals surface area contributed by atoms with E-state index in [9.17, 15) is 13.2 Å². The number of guanidine groups is 1. The van der Waals surface area contributed by atoms with Gasteiger partial charge in [-0.15, -0.1) is 24.0 Å². The summed E-state index contributed by atoms with van der Waals surface area (Å²) in [4.78, 5) is 6.85. The zero-order valence-electron chi connectivity index (χ0n) is 16.1. The van der Waals surface area contributed by atoms with E-state index in [1.165, 1.54) is 0 Å². The van der Waals surface area contributed by atoms with Crippen LogP contribution in [0, 0.1) is 5.92 Å². The summed E-state index contributed by atoms with van der Waals surface area (Å²) in [7, 11) is 0. The van der Waals surface area contributed by atoms with Crippen LogP contribution in [0.5, 0.6) is 0 Å². The summed E-state index contributed by atoms with van der Waals surface area (Å²) >= 11 is 6.23. The smallest absolute Gasteiger partial charge is 0.357 e. The van der Waals surface area contributed by atoms with Crippen molar-refractivity contribution in [2.45, 2.75) is 38.9 Å². The molecule has 1 aromatic rings. The Bertz CT molecular complexity index is 605. The van der Waals surface area contributed by atoms with Gasteiger partial charge in [0.05, 0.1) is 6.42 Å². The number of halogens is 5. The standard InChI is InChI=1S/C19H28ClF3N4.HI/c1-2-24-18(25-10-9-19(21,22)23)26-13-15-7-11-27(12-8-15)14-16-5-3-4-6-17(16)20;/h3-6,15H,2,7-14H2,1H3,(H2,24,25,26);1H. The lowest BCUT2D eigenvalue weighted by Crippen LogP contribution is -2.40. The summed E-state index contributed by atoms with van der Waals surface area (Å²) in [6, 6.07) is 7.89. The molecule has 1 aromatic carbocycles. The van der Waals surface area contributed by atoms with Crippen LogP contribution < -0.4 is 10.6 Å². The molecule has 0 bridgehead atoms. The van der Waals surface area contributed by atoms with Gasteiger partial charge in [-0.2, -0.15) is 13.2 Å². The van der Waals surface area contributed by atoms with E-state index in [4.69, 9.17) is 11.6 Å². The second-order valence-corrected chi connectivity index (χ2v) is 7.23. The van der Waals surface area contributed by atoms with Crippen molar-refractivity contribution in [1.29, 1.82) is 0 Å². The maximum Gasteiger partial charge on any atom is 0.390 e. The van der Waals surface area contributed by atoms with Crippen LogP contribution in [-0.2, 0) is 6.54 Å². The summed E-state index contributed by atoms with van der Waals surface area (Å²) in [6.07, 6.45) is -2.97. The summed E-state index contributed by atoms with van der Waals surface area (Å²) in [5, 5.41) is 6.56. The minimum Gasteiger partial charge on any atom is -0.357 e. The Labute approximate surface area is 187 Å².